The summed E-state index contributed by atoms with van der Waals surface area (Å²) in [4.78, 5) is 24.9. The first-order valence-electron chi connectivity index (χ1n) is 12.2. The minimum atomic E-state index is -0.471. The van der Waals surface area contributed by atoms with Crippen molar-refractivity contribution >= 4 is 17.5 Å². The summed E-state index contributed by atoms with van der Waals surface area (Å²) in [5.74, 6) is 1.43. The number of aliphatic hydroxyl groups is 1. The summed E-state index contributed by atoms with van der Waals surface area (Å²) in [6.45, 7) is -0.152. The molecule has 1 saturated heterocycles. The minimum absolute atomic E-state index is 0.0252. The molecule has 7 heteroatoms. The second-order valence-corrected chi connectivity index (χ2v) is 9.96. The molecule has 0 aromatic heterocycles. The Hall–Kier alpha value is -2.12. The maximum absolute atomic E-state index is 12.6. The van der Waals surface area contributed by atoms with Crippen molar-refractivity contribution in [3.8, 4) is 5.75 Å². The molecule has 4 aliphatic rings. The van der Waals surface area contributed by atoms with Crippen molar-refractivity contribution in [1.29, 1.82) is 0 Å². The molecule has 2 aliphatic heterocycles. The topological polar surface area (TPSA) is 96.9 Å². The van der Waals surface area contributed by atoms with Crippen LogP contribution in [0, 0.1) is 5.92 Å². The van der Waals surface area contributed by atoms with E-state index in [0.717, 1.165) is 42.7 Å². The van der Waals surface area contributed by atoms with Crippen LogP contribution in [0.4, 0.5) is 5.69 Å². The van der Waals surface area contributed by atoms with Crippen LogP contribution in [0.5, 0.6) is 5.75 Å². The molecule has 2 aliphatic carbocycles. The summed E-state index contributed by atoms with van der Waals surface area (Å²) < 4.78 is 12.2. The third-order valence-corrected chi connectivity index (χ3v) is 7.34. The van der Waals surface area contributed by atoms with E-state index in [1.165, 1.54) is 19.3 Å². The molecule has 2 amide bonds. The largest absolute Gasteiger partial charge is 0.487 e. The van der Waals surface area contributed by atoms with Crippen molar-refractivity contribution in [3.05, 3.63) is 23.8 Å². The molecule has 3 fully saturated rings. The monoisotopic (exact) mass is 442 g/mol. The van der Waals surface area contributed by atoms with Crippen molar-refractivity contribution in [2.45, 2.75) is 94.5 Å². The standard InChI is InChI=1S/C25H34N2O5/c28-14-22-25-20(12-18(31-22)13-24(30)26-16-4-2-1-3-5-16)19-11-17(8-9-21(19)32-25)27-23(29)10-15-6-7-15/h8-9,11,15-16,18,20,22,25,28H,1-7,10,12-14H2,(H,26,30)(H,27,29)/t18-,20-,22-,25+/m1/s1. The SMILES string of the molecule is O=C(CC1CC1)Nc1ccc2c(c1)[C@H]1C[C@H](CC(=O)NC3CCCCC3)O[C@H](CO)[C@H]1O2. The third kappa shape index (κ3) is 4.94. The van der Waals surface area contributed by atoms with Gasteiger partial charge in [0.15, 0.2) is 0 Å². The van der Waals surface area contributed by atoms with Crippen molar-refractivity contribution in [2.24, 2.45) is 5.92 Å². The van der Waals surface area contributed by atoms with E-state index in [4.69, 9.17) is 9.47 Å². The number of amides is 2. The average molecular weight is 443 g/mol. The number of benzene rings is 1. The lowest BCUT2D eigenvalue weighted by atomic mass is 9.84. The zero-order valence-electron chi connectivity index (χ0n) is 18.6. The van der Waals surface area contributed by atoms with Crippen LogP contribution in [0.25, 0.3) is 0 Å². The molecule has 174 valence electrons. The first-order valence-corrected chi connectivity index (χ1v) is 12.2. The smallest absolute Gasteiger partial charge is 0.224 e. The van der Waals surface area contributed by atoms with Gasteiger partial charge in [-0.15, -0.1) is 0 Å². The van der Waals surface area contributed by atoms with Gasteiger partial charge in [0, 0.05) is 29.6 Å². The number of hydrogen-bond donors (Lipinski definition) is 3. The van der Waals surface area contributed by atoms with Crippen molar-refractivity contribution < 1.29 is 24.2 Å². The Balaban J connectivity index is 1.24. The molecule has 2 saturated carbocycles. The highest BCUT2D eigenvalue weighted by Gasteiger charge is 2.46. The molecule has 0 unspecified atom stereocenters. The maximum atomic E-state index is 12.6. The van der Waals surface area contributed by atoms with Gasteiger partial charge in [-0.05, 0) is 56.2 Å². The van der Waals surface area contributed by atoms with Gasteiger partial charge in [-0.25, -0.2) is 0 Å². The van der Waals surface area contributed by atoms with Crippen LogP contribution < -0.4 is 15.4 Å². The van der Waals surface area contributed by atoms with Gasteiger partial charge in [0.05, 0.1) is 19.1 Å². The van der Waals surface area contributed by atoms with E-state index in [2.05, 4.69) is 10.6 Å². The third-order valence-electron chi connectivity index (χ3n) is 7.34. The number of anilines is 1. The summed E-state index contributed by atoms with van der Waals surface area (Å²) in [5, 5.41) is 16.1. The van der Waals surface area contributed by atoms with Crippen LogP contribution in [0.15, 0.2) is 18.2 Å². The Morgan fingerprint density at radius 3 is 2.59 bits per heavy atom. The van der Waals surface area contributed by atoms with Crippen LogP contribution in [0.1, 0.15) is 75.7 Å². The molecular weight excluding hydrogens is 408 g/mol. The number of fused-ring (bicyclic) bond motifs is 3. The fourth-order valence-corrected chi connectivity index (χ4v) is 5.50. The predicted molar refractivity (Wildman–Crippen MR) is 120 cm³/mol. The summed E-state index contributed by atoms with van der Waals surface area (Å²) in [6.07, 6.45) is 8.53. The lowest BCUT2D eigenvalue weighted by molar-refractivity contribution is -0.142. The van der Waals surface area contributed by atoms with Gasteiger partial charge >= 0.3 is 0 Å². The quantitative estimate of drug-likeness (QED) is 0.602. The lowest BCUT2D eigenvalue weighted by Crippen LogP contribution is -2.48. The van der Waals surface area contributed by atoms with E-state index >= 15 is 0 Å². The molecule has 2 heterocycles. The van der Waals surface area contributed by atoms with Crippen LogP contribution in [0.3, 0.4) is 0 Å². The summed E-state index contributed by atoms with van der Waals surface area (Å²) in [7, 11) is 0. The normalized spacial score (nSPS) is 29.5. The van der Waals surface area contributed by atoms with Crippen LogP contribution >= 0.6 is 0 Å². The van der Waals surface area contributed by atoms with E-state index in [1.54, 1.807) is 0 Å². The van der Waals surface area contributed by atoms with Gasteiger partial charge < -0.3 is 25.2 Å². The Kier molecular flexibility index (Phi) is 6.37. The first-order chi connectivity index (χ1) is 15.6. The van der Waals surface area contributed by atoms with Crippen LogP contribution in [-0.4, -0.2) is 47.9 Å². The number of rotatable bonds is 7. The Bertz CT molecular complexity index is 849. The second-order valence-electron chi connectivity index (χ2n) is 9.96. The average Bonchev–Trinajstić information content (AvgIpc) is 3.52. The van der Waals surface area contributed by atoms with Gasteiger partial charge in [-0.2, -0.15) is 0 Å². The molecule has 1 aromatic rings. The molecule has 0 spiro atoms. The lowest BCUT2D eigenvalue weighted by Gasteiger charge is -2.37. The van der Waals surface area contributed by atoms with Gasteiger partial charge in [0.2, 0.25) is 11.8 Å². The Morgan fingerprint density at radius 1 is 1.03 bits per heavy atom. The van der Waals surface area contributed by atoms with Gasteiger partial charge in [-0.1, -0.05) is 19.3 Å². The van der Waals surface area contributed by atoms with E-state index in [1.807, 2.05) is 18.2 Å². The van der Waals surface area contributed by atoms with Crippen LogP contribution in [-0.2, 0) is 14.3 Å². The van der Waals surface area contributed by atoms with Crippen molar-refractivity contribution in [2.75, 3.05) is 11.9 Å². The number of hydrogen-bond acceptors (Lipinski definition) is 5. The summed E-state index contributed by atoms with van der Waals surface area (Å²) in [6, 6.07) is 6.02. The zero-order chi connectivity index (χ0) is 22.1. The number of carbonyl (C=O) groups excluding carboxylic acids is 2. The highest BCUT2D eigenvalue weighted by atomic mass is 16.6. The number of nitrogens with one attached hydrogen (secondary N) is 2. The highest BCUT2D eigenvalue weighted by Crippen LogP contribution is 2.47. The van der Waals surface area contributed by atoms with Crippen molar-refractivity contribution in [1.82, 2.24) is 5.32 Å². The number of ether oxygens (including phenoxy) is 2. The molecule has 3 N–H and O–H groups in total. The molecule has 5 rings (SSSR count). The Labute approximate surface area is 189 Å². The molecule has 1 aromatic carbocycles. The summed E-state index contributed by atoms with van der Waals surface area (Å²) >= 11 is 0. The van der Waals surface area contributed by atoms with E-state index in [0.29, 0.717) is 25.2 Å². The van der Waals surface area contributed by atoms with Crippen molar-refractivity contribution in [3.63, 3.8) is 0 Å². The molecule has 0 bridgehead atoms. The molecule has 32 heavy (non-hydrogen) atoms. The highest BCUT2D eigenvalue weighted by molar-refractivity contribution is 5.91. The van der Waals surface area contributed by atoms with E-state index in [9.17, 15) is 14.7 Å². The fourth-order valence-electron chi connectivity index (χ4n) is 5.50. The minimum Gasteiger partial charge on any atom is -0.487 e. The summed E-state index contributed by atoms with van der Waals surface area (Å²) in [5.41, 5.74) is 1.80. The maximum Gasteiger partial charge on any atom is 0.224 e. The number of carbonyl (C=O) groups is 2. The number of aliphatic hydroxyl groups excluding tert-OH is 1. The Morgan fingerprint density at radius 2 is 1.84 bits per heavy atom. The first kappa shape index (κ1) is 21.7. The van der Waals surface area contributed by atoms with E-state index < -0.39 is 6.10 Å². The van der Waals surface area contributed by atoms with Gasteiger partial charge in [0.1, 0.15) is 18.0 Å². The molecule has 4 atom stereocenters. The van der Waals surface area contributed by atoms with Gasteiger partial charge in [-0.3, -0.25) is 9.59 Å². The second kappa shape index (κ2) is 9.40. The predicted octanol–water partition coefficient (Wildman–Crippen LogP) is 3.26. The van der Waals surface area contributed by atoms with E-state index in [-0.39, 0.29) is 42.6 Å². The van der Waals surface area contributed by atoms with Gasteiger partial charge in [0.25, 0.3) is 0 Å². The fraction of sp³-hybridized carbons (Fsp3) is 0.680. The molecular formula is C25H34N2O5. The zero-order valence-corrected chi connectivity index (χ0v) is 18.6. The van der Waals surface area contributed by atoms with Crippen LogP contribution in [0.2, 0.25) is 0 Å². The molecule has 7 nitrogen and oxygen atoms in total. The molecule has 0 radical (unpaired) electrons.